The first-order valence-corrected chi connectivity index (χ1v) is 5.16. The number of halogens is 1. The maximum Gasteiger partial charge on any atom is 0.354 e. The zero-order valence-electron chi connectivity index (χ0n) is 9.40. The van der Waals surface area contributed by atoms with Crippen LogP contribution in [0.1, 0.15) is 17.4 Å². The van der Waals surface area contributed by atoms with E-state index in [4.69, 9.17) is 4.74 Å². The van der Waals surface area contributed by atoms with Crippen molar-refractivity contribution in [3.05, 3.63) is 39.8 Å². The van der Waals surface area contributed by atoms with E-state index in [0.717, 1.165) is 6.07 Å². The fraction of sp³-hybridized carbons (Fsp3) is 0.182. The van der Waals surface area contributed by atoms with Crippen LogP contribution in [0.25, 0.3) is 10.9 Å². The van der Waals surface area contributed by atoms with Gasteiger partial charge in [-0.05, 0) is 13.0 Å². The van der Waals surface area contributed by atoms with Crippen molar-refractivity contribution in [1.82, 2.24) is 4.98 Å². The van der Waals surface area contributed by atoms with Crippen LogP contribution >= 0.6 is 0 Å². The Bertz CT molecular complexity index is 635. The van der Waals surface area contributed by atoms with Crippen LogP contribution in [0, 0.1) is 15.9 Å². The van der Waals surface area contributed by atoms with Crippen LogP contribution in [0.15, 0.2) is 18.2 Å². The molecule has 1 heterocycles. The van der Waals surface area contributed by atoms with Crippen LogP contribution in [0.2, 0.25) is 0 Å². The minimum absolute atomic E-state index is 0.0450. The van der Waals surface area contributed by atoms with Crippen LogP contribution in [0.3, 0.4) is 0 Å². The summed E-state index contributed by atoms with van der Waals surface area (Å²) in [7, 11) is 0. The Morgan fingerprint density at radius 3 is 2.83 bits per heavy atom. The number of aromatic amines is 1. The number of nitrogens with zero attached hydrogens (tertiary/aromatic N) is 1. The average molecular weight is 252 g/mol. The first kappa shape index (κ1) is 12.0. The van der Waals surface area contributed by atoms with Gasteiger partial charge in [-0.1, -0.05) is 0 Å². The quantitative estimate of drug-likeness (QED) is 0.516. The van der Waals surface area contributed by atoms with Crippen LogP contribution in [-0.4, -0.2) is 22.5 Å². The van der Waals surface area contributed by atoms with E-state index in [1.54, 1.807) is 6.92 Å². The van der Waals surface area contributed by atoms with E-state index in [0.29, 0.717) is 0 Å². The molecule has 18 heavy (non-hydrogen) atoms. The Hall–Kier alpha value is -2.44. The number of fused-ring (bicyclic) bond motifs is 1. The third-order valence-electron chi connectivity index (χ3n) is 2.37. The first-order chi connectivity index (χ1) is 8.52. The van der Waals surface area contributed by atoms with Gasteiger partial charge in [0.1, 0.15) is 5.69 Å². The van der Waals surface area contributed by atoms with Gasteiger partial charge in [0.15, 0.2) is 5.82 Å². The summed E-state index contributed by atoms with van der Waals surface area (Å²) in [5.41, 5.74) is -0.260. The summed E-state index contributed by atoms with van der Waals surface area (Å²) in [5, 5.41) is 10.8. The number of carbonyl (C=O) groups is 1. The number of nitrogens with one attached hydrogen (secondary N) is 1. The van der Waals surface area contributed by atoms with Crippen LogP contribution in [0.4, 0.5) is 10.1 Å². The number of non-ortho nitro benzene ring substituents is 1. The summed E-state index contributed by atoms with van der Waals surface area (Å²) >= 11 is 0. The fourth-order valence-corrected chi connectivity index (χ4v) is 1.61. The van der Waals surface area contributed by atoms with Crippen molar-refractivity contribution in [3.63, 3.8) is 0 Å². The van der Waals surface area contributed by atoms with E-state index in [-0.39, 0.29) is 28.9 Å². The molecule has 2 aromatic rings. The Balaban J connectivity index is 2.54. The normalized spacial score (nSPS) is 10.6. The number of nitro groups is 1. The molecule has 0 atom stereocenters. The number of hydrogen-bond donors (Lipinski definition) is 1. The topological polar surface area (TPSA) is 85.2 Å². The van der Waals surface area contributed by atoms with E-state index < -0.39 is 16.7 Å². The van der Waals surface area contributed by atoms with Gasteiger partial charge in [-0.2, -0.15) is 0 Å². The number of carbonyl (C=O) groups excluding carboxylic acids is 1. The molecule has 7 heteroatoms. The maximum absolute atomic E-state index is 13.6. The van der Waals surface area contributed by atoms with Gasteiger partial charge in [0.05, 0.1) is 23.1 Å². The van der Waals surface area contributed by atoms with Gasteiger partial charge in [-0.25, -0.2) is 9.18 Å². The third kappa shape index (κ3) is 2.02. The van der Waals surface area contributed by atoms with Crippen LogP contribution in [-0.2, 0) is 4.74 Å². The second-order valence-corrected chi connectivity index (χ2v) is 3.55. The number of benzene rings is 1. The number of H-pyrrole nitrogens is 1. The lowest BCUT2D eigenvalue weighted by atomic mass is 10.2. The Morgan fingerprint density at radius 1 is 1.50 bits per heavy atom. The largest absolute Gasteiger partial charge is 0.461 e. The van der Waals surface area contributed by atoms with E-state index >= 15 is 0 Å². The molecule has 1 aromatic carbocycles. The molecule has 0 fully saturated rings. The number of aromatic nitrogens is 1. The Kier molecular flexibility index (Phi) is 2.97. The van der Waals surface area contributed by atoms with Gasteiger partial charge < -0.3 is 9.72 Å². The molecule has 0 saturated heterocycles. The lowest BCUT2D eigenvalue weighted by molar-refractivity contribution is -0.384. The standard InChI is InChI=1S/C11H9FN2O4/c1-2-18-11(15)9-4-6-3-7(14(16)17)5-8(12)10(6)13-9/h3-5,13H,2H2,1H3. The molecular weight excluding hydrogens is 243 g/mol. The van der Waals surface area contributed by atoms with Crippen molar-refractivity contribution in [2.24, 2.45) is 0 Å². The molecule has 6 nitrogen and oxygen atoms in total. The van der Waals surface area contributed by atoms with Gasteiger partial charge in [0.2, 0.25) is 0 Å². The number of esters is 1. The summed E-state index contributed by atoms with van der Waals surface area (Å²) in [4.78, 5) is 23.9. The van der Waals surface area contributed by atoms with E-state index in [2.05, 4.69) is 4.98 Å². The SMILES string of the molecule is CCOC(=O)c1cc2cc([N+](=O)[O-])cc(F)c2[nH]1. The molecule has 94 valence electrons. The second kappa shape index (κ2) is 4.44. The summed E-state index contributed by atoms with van der Waals surface area (Å²) in [6, 6.07) is 3.31. The van der Waals surface area contributed by atoms with Crippen molar-refractivity contribution in [1.29, 1.82) is 0 Å². The van der Waals surface area contributed by atoms with E-state index in [1.165, 1.54) is 12.1 Å². The highest BCUT2D eigenvalue weighted by Crippen LogP contribution is 2.25. The predicted molar refractivity (Wildman–Crippen MR) is 60.9 cm³/mol. The third-order valence-corrected chi connectivity index (χ3v) is 2.37. The molecule has 0 radical (unpaired) electrons. The molecule has 2 rings (SSSR count). The van der Waals surface area contributed by atoms with Crippen LogP contribution in [0.5, 0.6) is 0 Å². The van der Waals surface area contributed by atoms with E-state index in [1.807, 2.05) is 0 Å². The molecule has 0 amide bonds. The lowest BCUT2D eigenvalue weighted by Gasteiger charge is -1.96. The second-order valence-electron chi connectivity index (χ2n) is 3.55. The molecule has 0 aliphatic rings. The monoisotopic (exact) mass is 252 g/mol. The highest BCUT2D eigenvalue weighted by atomic mass is 19.1. The van der Waals surface area contributed by atoms with E-state index in [9.17, 15) is 19.3 Å². The number of ether oxygens (including phenoxy) is 1. The maximum atomic E-state index is 13.6. The minimum atomic E-state index is -0.783. The van der Waals surface area contributed by atoms with Gasteiger partial charge in [-0.3, -0.25) is 10.1 Å². The Labute approximate surface area is 101 Å². The molecular formula is C11H9FN2O4. The van der Waals surface area contributed by atoms with Crippen molar-refractivity contribution in [2.45, 2.75) is 6.92 Å². The number of nitro benzene ring substituents is 1. The zero-order chi connectivity index (χ0) is 13.3. The summed E-state index contributed by atoms with van der Waals surface area (Å²) < 4.78 is 18.3. The lowest BCUT2D eigenvalue weighted by Crippen LogP contribution is -2.04. The van der Waals surface area contributed by atoms with Crippen molar-refractivity contribution in [2.75, 3.05) is 6.61 Å². The van der Waals surface area contributed by atoms with Crippen molar-refractivity contribution in [3.8, 4) is 0 Å². The zero-order valence-corrected chi connectivity index (χ0v) is 9.40. The summed E-state index contributed by atoms with van der Waals surface area (Å²) in [6.07, 6.45) is 0. The first-order valence-electron chi connectivity index (χ1n) is 5.16. The molecule has 0 aliphatic heterocycles. The molecule has 0 aliphatic carbocycles. The number of hydrogen-bond acceptors (Lipinski definition) is 4. The molecule has 0 spiro atoms. The van der Waals surface area contributed by atoms with Gasteiger partial charge in [-0.15, -0.1) is 0 Å². The number of rotatable bonds is 3. The summed E-state index contributed by atoms with van der Waals surface area (Å²) in [5.74, 6) is -1.41. The van der Waals surface area contributed by atoms with Gasteiger partial charge in [0.25, 0.3) is 5.69 Å². The van der Waals surface area contributed by atoms with Crippen molar-refractivity contribution < 1.29 is 18.8 Å². The highest BCUT2D eigenvalue weighted by Gasteiger charge is 2.16. The minimum Gasteiger partial charge on any atom is -0.461 e. The Morgan fingerprint density at radius 2 is 2.22 bits per heavy atom. The average Bonchev–Trinajstić information content (AvgIpc) is 2.73. The molecule has 1 N–H and O–H groups in total. The van der Waals surface area contributed by atoms with Gasteiger partial charge >= 0.3 is 5.97 Å². The smallest absolute Gasteiger partial charge is 0.354 e. The molecule has 0 unspecified atom stereocenters. The predicted octanol–water partition coefficient (Wildman–Crippen LogP) is 2.39. The van der Waals surface area contributed by atoms with Gasteiger partial charge in [0, 0.05) is 11.5 Å². The van der Waals surface area contributed by atoms with Crippen LogP contribution < -0.4 is 0 Å². The molecule has 0 bridgehead atoms. The van der Waals surface area contributed by atoms with Crippen molar-refractivity contribution >= 4 is 22.6 Å². The highest BCUT2D eigenvalue weighted by molar-refractivity contribution is 5.95. The molecule has 1 aromatic heterocycles. The fourth-order valence-electron chi connectivity index (χ4n) is 1.61. The molecule has 0 saturated carbocycles. The summed E-state index contributed by atoms with van der Waals surface area (Å²) in [6.45, 7) is 1.84.